The molecule has 0 radical (unpaired) electrons. The van der Waals surface area contributed by atoms with Gasteiger partial charge in [0.15, 0.2) is 0 Å². The molecule has 1 unspecified atom stereocenters. The first-order valence-corrected chi connectivity index (χ1v) is 6.91. The first-order chi connectivity index (χ1) is 7.70. The van der Waals surface area contributed by atoms with Crippen LogP contribution in [-0.2, 0) is 4.79 Å². The fourth-order valence-electron chi connectivity index (χ4n) is 1.44. The normalized spacial score (nSPS) is 12.3. The molecule has 0 aliphatic carbocycles. The van der Waals surface area contributed by atoms with Gasteiger partial charge in [0.1, 0.15) is 0 Å². The van der Waals surface area contributed by atoms with E-state index in [1.165, 1.54) is 0 Å². The van der Waals surface area contributed by atoms with Gasteiger partial charge in [0.05, 0.1) is 8.15 Å². The maximum absolute atomic E-state index is 10.3. The van der Waals surface area contributed by atoms with Crippen LogP contribution in [0.2, 0.25) is 0 Å². The summed E-state index contributed by atoms with van der Waals surface area (Å²) in [7, 11) is -1.06. The Bertz CT molecular complexity index is 313. The SMILES string of the molecule is O=C(O)CCCCCP(O)c1ccccc1. The van der Waals surface area contributed by atoms with E-state index in [9.17, 15) is 9.69 Å². The van der Waals surface area contributed by atoms with Crippen molar-refractivity contribution in [2.45, 2.75) is 25.7 Å². The minimum atomic E-state index is -1.06. The lowest BCUT2D eigenvalue weighted by Gasteiger charge is -2.09. The molecule has 16 heavy (non-hydrogen) atoms. The van der Waals surface area contributed by atoms with Crippen molar-refractivity contribution in [3.63, 3.8) is 0 Å². The summed E-state index contributed by atoms with van der Waals surface area (Å²) in [4.78, 5) is 20.2. The van der Waals surface area contributed by atoms with Gasteiger partial charge in [0.2, 0.25) is 0 Å². The van der Waals surface area contributed by atoms with Gasteiger partial charge in [-0.1, -0.05) is 36.8 Å². The Morgan fingerprint density at radius 1 is 1.12 bits per heavy atom. The van der Waals surface area contributed by atoms with Gasteiger partial charge in [-0.25, -0.2) is 0 Å². The molecule has 0 amide bonds. The van der Waals surface area contributed by atoms with E-state index >= 15 is 0 Å². The number of hydrogen-bond acceptors (Lipinski definition) is 2. The van der Waals surface area contributed by atoms with E-state index in [2.05, 4.69) is 0 Å². The molecular formula is C12H17O3P. The van der Waals surface area contributed by atoms with Crippen LogP contribution >= 0.6 is 8.15 Å². The predicted molar refractivity (Wildman–Crippen MR) is 66.2 cm³/mol. The van der Waals surface area contributed by atoms with Crippen LogP contribution in [0.1, 0.15) is 25.7 Å². The minimum absolute atomic E-state index is 0.231. The molecule has 1 rings (SSSR count). The zero-order valence-electron chi connectivity index (χ0n) is 9.17. The minimum Gasteiger partial charge on any atom is -0.481 e. The molecule has 0 saturated heterocycles. The topological polar surface area (TPSA) is 57.5 Å². The monoisotopic (exact) mass is 240 g/mol. The van der Waals surface area contributed by atoms with E-state index in [1.54, 1.807) is 0 Å². The number of carbonyl (C=O) groups is 1. The number of rotatable bonds is 7. The van der Waals surface area contributed by atoms with Crippen LogP contribution in [0.3, 0.4) is 0 Å². The van der Waals surface area contributed by atoms with Crippen LogP contribution in [0.4, 0.5) is 0 Å². The van der Waals surface area contributed by atoms with E-state index in [1.807, 2.05) is 30.3 Å². The Labute approximate surface area is 97.0 Å². The molecule has 0 aliphatic rings. The van der Waals surface area contributed by atoms with Crippen molar-refractivity contribution in [1.82, 2.24) is 0 Å². The van der Waals surface area contributed by atoms with Gasteiger partial charge < -0.3 is 10.00 Å². The second kappa shape index (κ2) is 7.37. The molecule has 2 N–H and O–H groups in total. The summed E-state index contributed by atoms with van der Waals surface area (Å²) in [6.07, 6.45) is 3.46. The second-order valence-corrected chi connectivity index (χ2v) is 5.43. The smallest absolute Gasteiger partial charge is 0.303 e. The Morgan fingerprint density at radius 3 is 2.44 bits per heavy atom. The standard InChI is InChI=1S/C12H17O3P/c13-12(14)9-5-2-6-10-16(15)11-7-3-1-4-8-11/h1,3-4,7-8,15H,2,5-6,9-10H2,(H,13,14). The highest BCUT2D eigenvalue weighted by atomic mass is 31.1. The highest BCUT2D eigenvalue weighted by Gasteiger charge is 2.06. The molecule has 1 aromatic rings. The number of unbranched alkanes of at least 4 members (excludes halogenated alkanes) is 2. The molecule has 0 aromatic heterocycles. The van der Waals surface area contributed by atoms with Crippen LogP contribution in [0.15, 0.2) is 30.3 Å². The zero-order valence-corrected chi connectivity index (χ0v) is 10.1. The van der Waals surface area contributed by atoms with Gasteiger partial charge in [-0.15, -0.1) is 0 Å². The van der Waals surface area contributed by atoms with Crippen molar-refractivity contribution in [2.24, 2.45) is 0 Å². The third-order valence-corrected chi connectivity index (χ3v) is 3.95. The van der Waals surface area contributed by atoms with Gasteiger partial charge >= 0.3 is 5.97 Å². The summed E-state index contributed by atoms with van der Waals surface area (Å²) in [5.74, 6) is -0.741. The van der Waals surface area contributed by atoms with E-state index in [-0.39, 0.29) is 6.42 Å². The summed E-state index contributed by atoms with van der Waals surface area (Å²) in [5, 5.41) is 9.45. The fourth-order valence-corrected chi connectivity index (χ4v) is 2.74. The summed E-state index contributed by atoms with van der Waals surface area (Å²) >= 11 is 0. The van der Waals surface area contributed by atoms with Crippen molar-refractivity contribution in [2.75, 3.05) is 6.16 Å². The van der Waals surface area contributed by atoms with Gasteiger partial charge in [-0.2, -0.15) is 0 Å². The average Bonchev–Trinajstić information content (AvgIpc) is 2.29. The summed E-state index contributed by atoms with van der Waals surface area (Å²) in [5.41, 5.74) is 0. The molecule has 0 aliphatic heterocycles. The summed E-state index contributed by atoms with van der Waals surface area (Å²) < 4.78 is 0. The van der Waals surface area contributed by atoms with Crippen LogP contribution < -0.4 is 5.30 Å². The number of carboxylic acid groups (broad SMARTS) is 1. The number of hydrogen-bond donors (Lipinski definition) is 2. The van der Waals surface area contributed by atoms with E-state index in [4.69, 9.17) is 5.11 Å². The quantitative estimate of drug-likeness (QED) is 0.568. The largest absolute Gasteiger partial charge is 0.481 e. The van der Waals surface area contributed by atoms with Gasteiger partial charge in [-0.05, 0) is 19.0 Å². The van der Waals surface area contributed by atoms with E-state index < -0.39 is 14.1 Å². The Morgan fingerprint density at radius 2 is 1.81 bits per heavy atom. The Balaban J connectivity index is 2.16. The number of aliphatic carboxylic acids is 1. The lowest BCUT2D eigenvalue weighted by molar-refractivity contribution is -0.137. The zero-order chi connectivity index (χ0) is 11.8. The second-order valence-electron chi connectivity index (χ2n) is 3.66. The third kappa shape index (κ3) is 5.24. The van der Waals surface area contributed by atoms with Gasteiger partial charge in [-0.3, -0.25) is 4.79 Å². The molecule has 0 bridgehead atoms. The van der Waals surface area contributed by atoms with Crippen molar-refractivity contribution >= 4 is 19.4 Å². The maximum atomic E-state index is 10.3. The van der Waals surface area contributed by atoms with Crippen LogP contribution in [0.5, 0.6) is 0 Å². The predicted octanol–water partition coefficient (Wildman–Crippen LogP) is 2.35. The highest BCUT2D eigenvalue weighted by molar-refractivity contribution is 7.59. The molecule has 0 fully saturated rings. The molecule has 88 valence electrons. The molecule has 0 spiro atoms. The summed E-state index contributed by atoms with van der Waals surface area (Å²) in [6.45, 7) is 0. The van der Waals surface area contributed by atoms with Crippen LogP contribution in [0, 0.1) is 0 Å². The van der Waals surface area contributed by atoms with Crippen molar-refractivity contribution in [3.8, 4) is 0 Å². The van der Waals surface area contributed by atoms with Crippen molar-refractivity contribution in [1.29, 1.82) is 0 Å². The Kier molecular flexibility index (Phi) is 6.05. The highest BCUT2D eigenvalue weighted by Crippen LogP contribution is 2.29. The molecule has 3 nitrogen and oxygen atoms in total. The van der Waals surface area contributed by atoms with Crippen molar-refractivity contribution < 1.29 is 14.8 Å². The van der Waals surface area contributed by atoms with E-state index in [0.29, 0.717) is 6.42 Å². The average molecular weight is 240 g/mol. The summed E-state index contributed by atoms with van der Waals surface area (Å²) in [6, 6.07) is 9.64. The maximum Gasteiger partial charge on any atom is 0.303 e. The lowest BCUT2D eigenvalue weighted by Crippen LogP contribution is -2.02. The van der Waals surface area contributed by atoms with Crippen LogP contribution in [0.25, 0.3) is 0 Å². The molecular weight excluding hydrogens is 223 g/mol. The Hall–Kier alpha value is -0.920. The van der Waals surface area contributed by atoms with Gasteiger partial charge in [0.25, 0.3) is 0 Å². The first kappa shape index (κ1) is 13.1. The van der Waals surface area contributed by atoms with Crippen molar-refractivity contribution in [3.05, 3.63) is 30.3 Å². The molecule has 1 atom stereocenters. The lowest BCUT2D eigenvalue weighted by atomic mass is 10.2. The molecule has 0 heterocycles. The molecule has 4 heteroatoms. The van der Waals surface area contributed by atoms with Crippen LogP contribution in [-0.4, -0.2) is 22.1 Å². The number of carboxylic acids is 1. The first-order valence-electron chi connectivity index (χ1n) is 5.43. The molecule has 0 saturated carbocycles. The number of benzene rings is 1. The van der Waals surface area contributed by atoms with E-state index in [0.717, 1.165) is 24.3 Å². The third-order valence-electron chi connectivity index (χ3n) is 2.31. The van der Waals surface area contributed by atoms with Gasteiger partial charge in [0, 0.05) is 11.7 Å². The fraction of sp³-hybridized carbons (Fsp3) is 0.417. The molecule has 1 aromatic carbocycles.